The lowest BCUT2D eigenvalue weighted by Crippen LogP contribution is -2.02. The lowest BCUT2D eigenvalue weighted by atomic mass is 10.1. The zero-order chi connectivity index (χ0) is 16.2. The highest BCUT2D eigenvalue weighted by atomic mass is 32.2. The Morgan fingerprint density at radius 2 is 2.13 bits per heavy atom. The van der Waals surface area contributed by atoms with Crippen molar-refractivity contribution >= 4 is 39.7 Å². The molecular weight excluding hydrogens is 328 g/mol. The summed E-state index contributed by atoms with van der Waals surface area (Å²) < 4.78 is 0.776. The van der Waals surface area contributed by atoms with Gasteiger partial charge in [-0.3, -0.25) is 4.79 Å². The molecule has 0 fully saturated rings. The molecule has 118 valence electrons. The summed E-state index contributed by atoms with van der Waals surface area (Å²) in [5.74, 6) is 0.401. The van der Waals surface area contributed by atoms with Crippen molar-refractivity contribution in [3.05, 3.63) is 53.3 Å². The van der Waals surface area contributed by atoms with Crippen molar-refractivity contribution in [3.8, 4) is 0 Å². The van der Waals surface area contributed by atoms with E-state index in [9.17, 15) is 4.79 Å². The summed E-state index contributed by atoms with van der Waals surface area (Å²) in [6, 6.07) is 9.70. The van der Waals surface area contributed by atoms with Crippen LogP contribution in [0.15, 0.2) is 40.9 Å². The van der Waals surface area contributed by atoms with Crippen LogP contribution in [-0.2, 0) is 0 Å². The Bertz CT molecular complexity index is 811. The highest BCUT2D eigenvalue weighted by Crippen LogP contribution is 2.29. The molecule has 2 N–H and O–H groups in total. The molecule has 7 heteroatoms. The average molecular weight is 344 g/mol. The quantitative estimate of drug-likeness (QED) is 0.518. The molecule has 3 rings (SSSR count). The summed E-state index contributed by atoms with van der Waals surface area (Å²) in [7, 11) is 0. The van der Waals surface area contributed by atoms with Crippen LogP contribution in [0.2, 0.25) is 0 Å². The normalized spacial score (nSPS) is 10.7. The summed E-state index contributed by atoms with van der Waals surface area (Å²) in [4.78, 5) is 14.9. The smallest absolute Gasteiger partial charge is 0.210 e. The molecule has 23 heavy (non-hydrogen) atoms. The predicted molar refractivity (Wildman–Crippen MR) is 95.0 cm³/mol. The first-order valence-electron chi connectivity index (χ1n) is 7.09. The maximum absolute atomic E-state index is 11.9. The van der Waals surface area contributed by atoms with Crippen molar-refractivity contribution in [2.75, 3.05) is 11.1 Å². The predicted octanol–water partition coefficient (Wildman–Crippen LogP) is 4.20. The van der Waals surface area contributed by atoms with Gasteiger partial charge in [0.15, 0.2) is 10.1 Å². The molecule has 0 aliphatic heterocycles. The molecule has 0 atom stereocenters. The molecule has 0 spiro atoms. The number of nitrogens with one attached hydrogen (secondary N) is 2. The van der Waals surface area contributed by atoms with Gasteiger partial charge in [0.1, 0.15) is 0 Å². The van der Waals surface area contributed by atoms with E-state index in [0.29, 0.717) is 11.4 Å². The van der Waals surface area contributed by atoms with Crippen LogP contribution in [0.1, 0.15) is 21.6 Å². The Balaban J connectivity index is 1.62. The Morgan fingerprint density at radius 1 is 1.26 bits per heavy atom. The van der Waals surface area contributed by atoms with Gasteiger partial charge in [0.25, 0.3) is 0 Å². The number of aryl methyl sites for hydroxylation is 1. The van der Waals surface area contributed by atoms with Crippen LogP contribution in [0.3, 0.4) is 0 Å². The van der Waals surface area contributed by atoms with Crippen LogP contribution >= 0.6 is 23.1 Å². The molecule has 0 saturated heterocycles. The highest BCUT2D eigenvalue weighted by Gasteiger charge is 2.11. The number of aromatic amines is 1. The molecule has 0 saturated carbocycles. The molecule has 3 aromatic rings. The van der Waals surface area contributed by atoms with Crippen LogP contribution in [0, 0.1) is 13.8 Å². The van der Waals surface area contributed by atoms with Crippen molar-refractivity contribution in [2.24, 2.45) is 0 Å². The zero-order valence-electron chi connectivity index (χ0n) is 12.8. The zero-order valence-corrected chi connectivity index (χ0v) is 14.4. The van der Waals surface area contributed by atoms with E-state index in [1.165, 1.54) is 34.2 Å². The lowest BCUT2D eigenvalue weighted by molar-refractivity contribution is 0.101. The fourth-order valence-corrected chi connectivity index (χ4v) is 3.68. The Labute approximate surface area is 142 Å². The summed E-state index contributed by atoms with van der Waals surface area (Å²) in [6.45, 7) is 4.15. The summed E-state index contributed by atoms with van der Waals surface area (Å²) in [5.41, 5.74) is 4.07. The van der Waals surface area contributed by atoms with E-state index < -0.39 is 0 Å². The second-order valence-electron chi connectivity index (χ2n) is 5.04. The number of thioether (sulfide) groups is 1. The van der Waals surface area contributed by atoms with Crippen LogP contribution in [-0.4, -0.2) is 26.7 Å². The van der Waals surface area contributed by atoms with E-state index in [1.807, 2.05) is 18.2 Å². The van der Waals surface area contributed by atoms with Gasteiger partial charge in [0.2, 0.25) is 5.13 Å². The number of benzene rings is 1. The third-order valence-electron chi connectivity index (χ3n) is 3.48. The number of H-pyrrole nitrogens is 1. The molecule has 0 unspecified atom stereocenters. The third kappa shape index (κ3) is 3.80. The molecule has 5 nitrogen and oxygen atoms in total. The Hall–Kier alpha value is -2.12. The van der Waals surface area contributed by atoms with E-state index in [0.717, 1.165) is 15.2 Å². The maximum atomic E-state index is 11.9. The van der Waals surface area contributed by atoms with E-state index >= 15 is 0 Å². The molecule has 1 aromatic carbocycles. The second kappa shape index (κ2) is 6.97. The van der Waals surface area contributed by atoms with Crippen LogP contribution < -0.4 is 5.32 Å². The van der Waals surface area contributed by atoms with Gasteiger partial charge in [0, 0.05) is 11.9 Å². The van der Waals surface area contributed by atoms with Crippen molar-refractivity contribution in [1.29, 1.82) is 0 Å². The first-order chi connectivity index (χ1) is 11.1. The fraction of sp³-hybridized carbons (Fsp3) is 0.188. The molecule has 0 bridgehead atoms. The Morgan fingerprint density at radius 3 is 2.91 bits per heavy atom. The topological polar surface area (TPSA) is 70.7 Å². The van der Waals surface area contributed by atoms with Crippen LogP contribution in [0.25, 0.3) is 0 Å². The standard InChI is InChI=1S/C16H16N4OS2/c1-10-5-3-6-12(11(10)2)18-15-19-20-16(23-15)22-9-14(21)13-7-4-8-17-13/h3-8,17H,9H2,1-2H3,(H,18,19). The SMILES string of the molecule is Cc1cccc(Nc2nnc(SCC(=O)c3ccc[nH]3)s2)c1C. The highest BCUT2D eigenvalue weighted by molar-refractivity contribution is 8.01. The number of hydrogen-bond acceptors (Lipinski definition) is 6. The van der Waals surface area contributed by atoms with E-state index in [2.05, 4.69) is 40.4 Å². The molecule has 0 aliphatic rings. The fourth-order valence-electron chi connectivity index (χ4n) is 2.03. The summed E-state index contributed by atoms with van der Waals surface area (Å²) >= 11 is 2.85. The van der Waals surface area contributed by atoms with Crippen molar-refractivity contribution < 1.29 is 4.79 Å². The van der Waals surface area contributed by atoms with Crippen molar-refractivity contribution in [2.45, 2.75) is 18.2 Å². The largest absolute Gasteiger partial charge is 0.359 e. The van der Waals surface area contributed by atoms with Gasteiger partial charge in [-0.05, 0) is 43.2 Å². The third-order valence-corrected chi connectivity index (χ3v) is 5.45. The van der Waals surface area contributed by atoms with Crippen molar-refractivity contribution in [1.82, 2.24) is 15.2 Å². The van der Waals surface area contributed by atoms with E-state index in [1.54, 1.807) is 12.3 Å². The number of anilines is 2. The van der Waals surface area contributed by atoms with Gasteiger partial charge in [-0.1, -0.05) is 35.2 Å². The van der Waals surface area contributed by atoms with Crippen LogP contribution in [0.5, 0.6) is 0 Å². The molecule has 0 radical (unpaired) electrons. The molecule has 0 aliphatic carbocycles. The monoisotopic (exact) mass is 344 g/mol. The first-order valence-corrected chi connectivity index (χ1v) is 8.90. The summed E-state index contributed by atoms with van der Waals surface area (Å²) in [5, 5.41) is 12.3. The number of nitrogens with zero attached hydrogens (tertiary/aromatic N) is 2. The number of hydrogen-bond donors (Lipinski definition) is 2. The number of ketones is 1. The molecule has 0 amide bonds. The van der Waals surface area contributed by atoms with Gasteiger partial charge in [-0.25, -0.2) is 0 Å². The van der Waals surface area contributed by atoms with Gasteiger partial charge < -0.3 is 10.3 Å². The molecular formula is C16H16N4OS2. The number of rotatable bonds is 6. The molecule has 2 aromatic heterocycles. The molecule has 2 heterocycles. The van der Waals surface area contributed by atoms with Gasteiger partial charge >= 0.3 is 0 Å². The minimum Gasteiger partial charge on any atom is -0.359 e. The van der Waals surface area contributed by atoms with E-state index in [4.69, 9.17) is 0 Å². The minimum atomic E-state index is 0.0548. The lowest BCUT2D eigenvalue weighted by Gasteiger charge is -2.08. The number of carbonyl (C=O) groups excluding carboxylic acids is 1. The first kappa shape index (κ1) is 15.8. The van der Waals surface area contributed by atoms with Gasteiger partial charge in [0.05, 0.1) is 11.4 Å². The number of aromatic nitrogens is 3. The number of Topliss-reactive ketones (excluding diaryl/α,β-unsaturated/α-hetero) is 1. The second-order valence-corrected chi connectivity index (χ2v) is 7.24. The van der Waals surface area contributed by atoms with Crippen LogP contribution in [0.4, 0.5) is 10.8 Å². The Kier molecular flexibility index (Phi) is 4.78. The minimum absolute atomic E-state index is 0.0548. The van der Waals surface area contributed by atoms with Crippen molar-refractivity contribution in [3.63, 3.8) is 0 Å². The van der Waals surface area contributed by atoms with E-state index in [-0.39, 0.29) is 5.78 Å². The van der Waals surface area contributed by atoms with Gasteiger partial charge in [-0.15, -0.1) is 10.2 Å². The average Bonchev–Trinajstić information content (AvgIpc) is 3.21. The van der Waals surface area contributed by atoms with Gasteiger partial charge in [-0.2, -0.15) is 0 Å². The maximum Gasteiger partial charge on any atom is 0.210 e. The summed E-state index contributed by atoms with van der Waals surface area (Å²) in [6.07, 6.45) is 1.75. The number of carbonyl (C=O) groups is 1.